The summed E-state index contributed by atoms with van der Waals surface area (Å²) in [5.41, 5.74) is 6.01. The van der Waals surface area contributed by atoms with Crippen LogP contribution in [-0.2, 0) is 24.2 Å². The van der Waals surface area contributed by atoms with Gasteiger partial charge in [-0.25, -0.2) is 0 Å². The highest BCUT2D eigenvalue weighted by molar-refractivity contribution is 5.95. The van der Waals surface area contributed by atoms with Crippen molar-refractivity contribution in [3.05, 3.63) is 125 Å². The SMILES string of the molecule is O=C(NCCN1CCCC1)c1cccc(-c2cccc(CN(CCc3ccc(O)cc3)C(=O)CCCc3ccccc3)c2)c1. The van der Waals surface area contributed by atoms with Crippen LogP contribution in [0.5, 0.6) is 5.75 Å². The molecule has 44 heavy (non-hydrogen) atoms. The van der Waals surface area contributed by atoms with Gasteiger partial charge in [0.25, 0.3) is 5.91 Å². The number of hydrogen-bond donors (Lipinski definition) is 2. The predicted molar refractivity (Wildman–Crippen MR) is 176 cm³/mol. The number of carbonyl (C=O) groups excluding carboxylic acids is 2. The van der Waals surface area contributed by atoms with Crippen molar-refractivity contribution >= 4 is 11.8 Å². The first kappa shape index (κ1) is 31.0. The van der Waals surface area contributed by atoms with Crippen LogP contribution in [0, 0.1) is 0 Å². The summed E-state index contributed by atoms with van der Waals surface area (Å²) in [6, 6.07) is 33.5. The first-order chi connectivity index (χ1) is 21.5. The number of hydrogen-bond acceptors (Lipinski definition) is 4. The van der Waals surface area contributed by atoms with E-state index in [2.05, 4.69) is 40.5 Å². The molecular weight excluding hydrogens is 546 g/mol. The molecule has 1 saturated heterocycles. The van der Waals surface area contributed by atoms with Crippen molar-refractivity contribution < 1.29 is 14.7 Å². The fourth-order valence-electron chi connectivity index (χ4n) is 5.81. The Hall–Kier alpha value is -4.42. The maximum atomic E-state index is 13.5. The Morgan fingerprint density at radius 1 is 0.750 bits per heavy atom. The molecule has 1 aliphatic heterocycles. The highest BCUT2D eigenvalue weighted by atomic mass is 16.3. The number of aryl methyl sites for hydroxylation is 1. The van der Waals surface area contributed by atoms with E-state index in [1.165, 1.54) is 18.4 Å². The summed E-state index contributed by atoms with van der Waals surface area (Å²) >= 11 is 0. The second kappa shape index (κ2) is 15.9. The molecule has 0 aromatic heterocycles. The zero-order valence-electron chi connectivity index (χ0n) is 25.5. The molecule has 2 N–H and O–H groups in total. The average molecular weight is 590 g/mol. The summed E-state index contributed by atoms with van der Waals surface area (Å²) < 4.78 is 0. The van der Waals surface area contributed by atoms with E-state index >= 15 is 0 Å². The van der Waals surface area contributed by atoms with Crippen molar-refractivity contribution in [2.24, 2.45) is 0 Å². The maximum absolute atomic E-state index is 13.5. The smallest absolute Gasteiger partial charge is 0.251 e. The molecule has 1 fully saturated rings. The molecule has 6 heteroatoms. The number of aromatic hydroxyl groups is 1. The Balaban J connectivity index is 1.24. The normalized spacial score (nSPS) is 13.1. The Morgan fingerprint density at radius 2 is 1.43 bits per heavy atom. The third-order valence-electron chi connectivity index (χ3n) is 8.33. The minimum absolute atomic E-state index is 0.0521. The third kappa shape index (κ3) is 9.29. The Morgan fingerprint density at radius 3 is 2.20 bits per heavy atom. The minimum Gasteiger partial charge on any atom is -0.508 e. The lowest BCUT2D eigenvalue weighted by Crippen LogP contribution is -2.33. The van der Waals surface area contributed by atoms with Gasteiger partial charge in [0, 0.05) is 38.2 Å². The molecule has 0 unspecified atom stereocenters. The van der Waals surface area contributed by atoms with E-state index in [-0.39, 0.29) is 17.6 Å². The van der Waals surface area contributed by atoms with Gasteiger partial charge in [0.05, 0.1) is 0 Å². The van der Waals surface area contributed by atoms with E-state index in [4.69, 9.17) is 0 Å². The maximum Gasteiger partial charge on any atom is 0.251 e. The fourth-order valence-corrected chi connectivity index (χ4v) is 5.81. The third-order valence-corrected chi connectivity index (χ3v) is 8.33. The number of phenols is 1. The Bertz CT molecular complexity index is 1500. The lowest BCUT2D eigenvalue weighted by molar-refractivity contribution is -0.131. The van der Waals surface area contributed by atoms with Crippen LogP contribution in [0.1, 0.15) is 52.7 Å². The highest BCUT2D eigenvalue weighted by Gasteiger charge is 2.16. The zero-order valence-corrected chi connectivity index (χ0v) is 25.5. The van der Waals surface area contributed by atoms with Crippen LogP contribution in [0.4, 0.5) is 0 Å². The molecular formula is C38H43N3O3. The van der Waals surface area contributed by atoms with Crippen molar-refractivity contribution in [2.45, 2.75) is 45.1 Å². The molecule has 0 saturated carbocycles. The number of likely N-dealkylation sites (tertiary alicyclic amines) is 1. The first-order valence-corrected chi connectivity index (χ1v) is 15.8. The summed E-state index contributed by atoms with van der Waals surface area (Å²) in [6.45, 7) is 4.88. The number of nitrogens with one attached hydrogen (secondary N) is 1. The minimum atomic E-state index is -0.0521. The number of rotatable bonds is 14. The number of nitrogens with zero attached hydrogens (tertiary/aromatic N) is 2. The van der Waals surface area contributed by atoms with Crippen LogP contribution < -0.4 is 5.32 Å². The van der Waals surface area contributed by atoms with Gasteiger partial charge in [-0.05, 0) is 103 Å². The monoisotopic (exact) mass is 589 g/mol. The largest absolute Gasteiger partial charge is 0.508 e. The van der Waals surface area contributed by atoms with Gasteiger partial charge in [0.2, 0.25) is 5.91 Å². The summed E-state index contributed by atoms with van der Waals surface area (Å²) in [5, 5.41) is 12.7. The number of benzene rings is 4. The molecule has 4 aromatic rings. The van der Waals surface area contributed by atoms with E-state index in [1.54, 1.807) is 12.1 Å². The van der Waals surface area contributed by atoms with Gasteiger partial charge < -0.3 is 20.2 Å². The lowest BCUT2D eigenvalue weighted by Gasteiger charge is -2.23. The molecule has 0 bridgehead atoms. The molecule has 5 rings (SSSR count). The molecule has 0 spiro atoms. The fraction of sp³-hybridized carbons (Fsp3) is 0.316. The summed E-state index contributed by atoms with van der Waals surface area (Å²) in [7, 11) is 0. The topological polar surface area (TPSA) is 72.9 Å². The van der Waals surface area contributed by atoms with Crippen molar-refractivity contribution in [3.8, 4) is 16.9 Å². The van der Waals surface area contributed by atoms with Crippen LogP contribution >= 0.6 is 0 Å². The van der Waals surface area contributed by atoms with Crippen molar-refractivity contribution in [1.82, 2.24) is 15.1 Å². The van der Waals surface area contributed by atoms with Gasteiger partial charge in [-0.2, -0.15) is 0 Å². The second-order valence-electron chi connectivity index (χ2n) is 11.7. The van der Waals surface area contributed by atoms with Gasteiger partial charge in [-0.3, -0.25) is 9.59 Å². The second-order valence-corrected chi connectivity index (χ2v) is 11.7. The highest BCUT2D eigenvalue weighted by Crippen LogP contribution is 2.23. The molecule has 0 atom stereocenters. The van der Waals surface area contributed by atoms with Crippen LogP contribution in [0.15, 0.2) is 103 Å². The average Bonchev–Trinajstić information content (AvgIpc) is 3.58. The summed E-state index contributed by atoms with van der Waals surface area (Å²) in [6.07, 6.45) is 5.35. The molecule has 6 nitrogen and oxygen atoms in total. The van der Waals surface area contributed by atoms with Crippen molar-refractivity contribution in [2.75, 3.05) is 32.7 Å². The lowest BCUT2D eigenvalue weighted by atomic mass is 10.0. The standard InChI is InChI=1S/C38H43N3O3/c42-36-19-17-31(18-20-36)21-25-41(37(43)16-7-11-30-9-2-1-3-10-30)29-32-12-6-13-33(27-32)34-14-8-15-35(28-34)38(44)39-22-26-40-23-4-5-24-40/h1-3,6,8-10,12-15,17-20,27-28,42H,4-5,7,11,16,21-26,29H2,(H,39,44). The molecule has 0 aliphatic carbocycles. The summed E-state index contributed by atoms with van der Waals surface area (Å²) in [4.78, 5) is 30.7. The number of amides is 2. The first-order valence-electron chi connectivity index (χ1n) is 15.8. The van der Waals surface area contributed by atoms with Gasteiger partial charge in [-0.1, -0.05) is 72.8 Å². The van der Waals surface area contributed by atoms with Crippen LogP contribution in [0.25, 0.3) is 11.1 Å². The van der Waals surface area contributed by atoms with Crippen LogP contribution in [0.3, 0.4) is 0 Å². The van der Waals surface area contributed by atoms with Gasteiger partial charge in [0.1, 0.15) is 5.75 Å². The van der Waals surface area contributed by atoms with Gasteiger partial charge >= 0.3 is 0 Å². The van der Waals surface area contributed by atoms with Gasteiger partial charge in [0.15, 0.2) is 0 Å². The van der Waals surface area contributed by atoms with E-state index in [9.17, 15) is 14.7 Å². The van der Waals surface area contributed by atoms with E-state index in [0.29, 0.717) is 38.0 Å². The van der Waals surface area contributed by atoms with Crippen LogP contribution in [-0.4, -0.2) is 59.4 Å². The molecule has 1 heterocycles. The number of phenolic OH excluding ortho intramolecular Hbond substituents is 1. The zero-order chi connectivity index (χ0) is 30.6. The van der Waals surface area contributed by atoms with E-state index < -0.39 is 0 Å². The Kier molecular flexibility index (Phi) is 11.2. The number of carbonyl (C=O) groups is 2. The van der Waals surface area contributed by atoms with Crippen molar-refractivity contribution in [1.29, 1.82) is 0 Å². The Labute approximate surface area is 261 Å². The molecule has 4 aromatic carbocycles. The van der Waals surface area contributed by atoms with Gasteiger partial charge in [-0.15, -0.1) is 0 Å². The van der Waals surface area contributed by atoms with Crippen molar-refractivity contribution in [3.63, 3.8) is 0 Å². The molecule has 228 valence electrons. The van der Waals surface area contributed by atoms with Crippen LogP contribution in [0.2, 0.25) is 0 Å². The molecule has 0 radical (unpaired) electrons. The predicted octanol–water partition coefficient (Wildman–Crippen LogP) is 6.48. The molecule has 2 amide bonds. The molecule has 1 aliphatic rings. The van der Waals surface area contributed by atoms with E-state index in [1.807, 2.05) is 65.6 Å². The summed E-state index contributed by atoms with van der Waals surface area (Å²) in [5.74, 6) is 0.324. The van der Waals surface area contributed by atoms with E-state index in [0.717, 1.165) is 54.7 Å². The quantitative estimate of drug-likeness (QED) is 0.177.